The van der Waals surface area contributed by atoms with Crippen LogP contribution < -0.4 is 5.32 Å². The fourth-order valence-electron chi connectivity index (χ4n) is 2.92. The van der Waals surface area contributed by atoms with Gasteiger partial charge in [-0.2, -0.15) is 0 Å². The highest BCUT2D eigenvalue weighted by Crippen LogP contribution is 2.40. The number of alkyl carbamates (subject to hydrolysis) is 1. The molecule has 1 aromatic carbocycles. The molecular weight excluding hydrogens is 310 g/mol. The fourth-order valence-corrected chi connectivity index (χ4v) is 2.92. The quantitative estimate of drug-likeness (QED) is 0.773. The third kappa shape index (κ3) is 2.86. The Hall–Kier alpha value is -2.44. The second-order valence-electron chi connectivity index (χ2n) is 5.85. The van der Waals surface area contributed by atoms with Crippen molar-refractivity contribution in [2.45, 2.75) is 17.7 Å². The number of aliphatic hydroxyl groups excluding tert-OH is 1. The molecule has 2 aliphatic carbocycles. The number of fused-ring (bicyclic) bond motifs is 1. The van der Waals surface area contributed by atoms with Gasteiger partial charge in [0.1, 0.15) is 6.10 Å². The van der Waals surface area contributed by atoms with Gasteiger partial charge in [0.05, 0.1) is 12.6 Å². The number of amides is 1. The molecule has 3 rings (SSSR count). The highest BCUT2D eigenvalue weighted by atomic mass is 16.6. The maximum absolute atomic E-state index is 12.2. The van der Waals surface area contributed by atoms with Gasteiger partial charge in [0.2, 0.25) is 11.4 Å². The molecule has 0 saturated heterocycles. The summed E-state index contributed by atoms with van der Waals surface area (Å²) < 4.78 is 10.4. The standard InChI is InChI=1S/C18H19NO5/c1-23-11-14(16(21)12-5-3-2-4-6-12)19-17(22)24-18-10-9-13(18)7-8-15(18)20/h2-10,13-14,16,21H,11H2,1H3,(H,19,22)/t13?,14-,16+,18?/m0/s1. The van der Waals surface area contributed by atoms with Crippen molar-refractivity contribution in [2.24, 2.45) is 5.92 Å². The molecule has 6 heteroatoms. The smallest absolute Gasteiger partial charge is 0.408 e. The van der Waals surface area contributed by atoms with Crippen LogP contribution in [0.5, 0.6) is 0 Å². The zero-order valence-electron chi connectivity index (χ0n) is 13.2. The highest BCUT2D eigenvalue weighted by molar-refractivity contribution is 6.04. The van der Waals surface area contributed by atoms with Gasteiger partial charge in [0.15, 0.2) is 0 Å². The molecule has 6 nitrogen and oxygen atoms in total. The summed E-state index contributed by atoms with van der Waals surface area (Å²) in [6, 6.07) is 8.25. The first kappa shape index (κ1) is 16.4. The summed E-state index contributed by atoms with van der Waals surface area (Å²) in [5.74, 6) is -0.465. The number of rotatable bonds is 6. The Morgan fingerprint density at radius 1 is 1.33 bits per heavy atom. The fraction of sp³-hybridized carbons (Fsp3) is 0.333. The Balaban J connectivity index is 1.66. The SMILES string of the molecule is COC[C@H](NC(=O)OC12C=CC1C=CC2=O)[C@H](O)c1ccccc1. The molecule has 0 spiro atoms. The van der Waals surface area contributed by atoms with Gasteiger partial charge in [-0.05, 0) is 17.7 Å². The number of hydrogen-bond acceptors (Lipinski definition) is 5. The van der Waals surface area contributed by atoms with Crippen LogP contribution in [0.3, 0.4) is 0 Å². The Labute approximate surface area is 139 Å². The zero-order valence-corrected chi connectivity index (χ0v) is 13.2. The Kier molecular flexibility index (Phi) is 4.51. The molecule has 0 fully saturated rings. The lowest BCUT2D eigenvalue weighted by Gasteiger charge is -2.36. The molecule has 2 N–H and O–H groups in total. The van der Waals surface area contributed by atoms with Crippen molar-refractivity contribution in [2.75, 3.05) is 13.7 Å². The molecule has 0 aliphatic heterocycles. The monoisotopic (exact) mass is 329 g/mol. The van der Waals surface area contributed by atoms with Crippen LogP contribution in [0.2, 0.25) is 0 Å². The number of ketones is 1. The van der Waals surface area contributed by atoms with Crippen LogP contribution in [-0.4, -0.2) is 42.3 Å². The summed E-state index contributed by atoms with van der Waals surface area (Å²) in [5.41, 5.74) is -0.572. The Morgan fingerprint density at radius 2 is 2.08 bits per heavy atom. The Morgan fingerprint density at radius 3 is 2.67 bits per heavy atom. The second-order valence-corrected chi connectivity index (χ2v) is 5.85. The van der Waals surface area contributed by atoms with Crippen molar-refractivity contribution in [1.29, 1.82) is 0 Å². The van der Waals surface area contributed by atoms with E-state index in [0.717, 1.165) is 0 Å². The van der Waals surface area contributed by atoms with E-state index < -0.39 is 23.8 Å². The number of hydrogen-bond donors (Lipinski definition) is 2. The number of ether oxygens (including phenoxy) is 2. The van der Waals surface area contributed by atoms with Crippen LogP contribution in [0.1, 0.15) is 11.7 Å². The minimum atomic E-state index is -1.22. The van der Waals surface area contributed by atoms with E-state index in [1.807, 2.05) is 6.07 Å². The maximum Gasteiger partial charge on any atom is 0.408 e. The summed E-state index contributed by atoms with van der Waals surface area (Å²) in [6.45, 7) is 0.101. The molecule has 0 heterocycles. The molecule has 2 aliphatic rings. The summed E-state index contributed by atoms with van der Waals surface area (Å²) >= 11 is 0. The van der Waals surface area contributed by atoms with Crippen LogP contribution in [-0.2, 0) is 14.3 Å². The molecule has 0 bridgehead atoms. The number of nitrogens with one attached hydrogen (secondary N) is 1. The van der Waals surface area contributed by atoms with Gasteiger partial charge in [-0.15, -0.1) is 0 Å². The normalized spacial score (nSPS) is 26.4. The second kappa shape index (κ2) is 6.59. The molecule has 2 unspecified atom stereocenters. The van der Waals surface area contributed by atoms with E-state index in [-0.39, 0.29) is 18.3 Å². The van der Waals surface area contributed by atoms with Gasteiger partial charge in [-0.1, -0.05) is 42.5 Å². The number of carbonyl (C=O) groups excluding carboxylic acids is 2. The lowest BCUT2D eigenvalue weighted by Crippen LogP contribution is -2.52. The van der Waals surface area contributed by atoms with Crippen LogP contribution in [0.25, 0.3) is 0 Å². The van der Waals surface area contributed by atoms with E-state index in [1.54, 1.807) is 42.5 Å². The molecule has 1 amide bonds. The number of aliphatic hydroxyl groups is 1. The highest BCUT2D eigenvalue weighted by Gasteiger charge is 2.52. The van der Waals surface area contributed by atoms with Gasteiger partial charge in [0, 0.05) is 13.0 Å². The van der Waals surface area contributed by atoms with Crippen LogP contribution in [0.4, 0.5) is 4.79 Å². The first-order valence-electron chi connectivity index (χ1n) is 7.70. The predicted octanol–water partition coefficient (Wildman–Crippen LogP) is 1.52. The molecule has 24 heavy (non-hydrogen) atoms. The lowest BCUT2D eigenvalue weighted by molar-refractivity contribution is -0.130. The van der Waals surface area contributed by atoms with Crippen molar-refractivity contribution in [3.63, 3.8) is 0 Å². The van der Waals surface area contributed by atoms with E-state index >= 15 is 0 Å². The van der Waals surface area contributed by atoms with E-state index in [4.69, 9.17) is 9.47 Å². The average molecular weight is 329 g/mol. The molecule has 0 saturated carbocycles. The van der Waals surface area contributed by atoms with Crippen LogP contribution in [0.15, 0.2) is 54.6 Å². The van der Waals surface area contributed by atoms with Gasteiger partial charge in [0.25, 0.3) is 0 Å². The van der Waals surface area contributed by atoms with Crippen molar-refractivity contribution in [3.8, 4) is 0 Å². The van der Waals surface area contributed by atoms with Crippen molar-refractivity contribution < 1.29 is 24.2 Å². The van der Waals surface area contributed by atoms with Gasteiger partial charge >= 0.3 is 6.09 Å². The summed E-state index contributed by atoms with van der Waals surface area (Å²) in [4.78, 5) is 24.2. The zero-order chi connectivity index (χ0) is 17.2. The van der Waals surface area contributed by atoms with Gasteiger partial charge in [-0.25, -0.2) is 4.79 Å². The average Bonchev–Trinajstić information content (AvgIpc) is 2.78. The molecule has 0 radical (unpaired) electrons. The largest absolute Gasteiger partial charge is 0.429 e. The third-order valence-corrected chi connectivity index (χ3v) is 4.32. The summed E-state index contributed by atoms with van der Waals surface area (Å²) in [6.07, 6.45) is 4.79. The predicted molar refractivity (Wildman–Crippen MR) is 86.2 cm³/mol. The summed E-state index contributed by atoms with van der Waals surface area (Å²) in [5, 5.41) is 13.1. The Bertz CT molecular complexity index is 684. The van der Waals surface area contributed by atoms with E-state index in [1.165, 1.54) is 13.2 Å². The first-order chi connectivity index (χ1) is 11.6. The van der Waals surface area contributed by atoms with Crippen molar-refractivity contribution in [1.82, 2.24) is 5.32 Å². The van der Waals surface area contributed by atoms with Crippen molar-refractivity contribution in [3.05, 3.63) is 60.2 Å². The molecule has 1 aromatic rings. The maximum atomic E-state index is 12.2. The lowest BCUT2D eigenvalue weighted by atomic mass is 9.79. The van der Waals surface area contributed by atoms with Crippen LogP contribution >= 0.6 is 0 Å². The molecular formula is C18H19NO5. The molecule has 0 aromatic heterocycles. The minimum absolute atomic E-state index is 0.101. The van der Waals surface area contributed by atoms with E-state index in [9.17, 15) is 14.7 Å². The number of methoxy groups -OCH3 is 1. The third-order valence-electron chi connectivity index (χ3n) is 4.32. The van der Waals surface area contributed by atoms with Crippen LogP contribution in [0, 0.1) is 5.92 Å². The minimum Gasteiger partial charge on any atom is -0.429 e. The molecule has 126 valence electrons. The number of carbonyl (C=O) groups is 2. The first-order valence-corrected chi connectivity index (χ1v) is 7.70. The number of benzene rings is 1. The van der Waals surface area contributed by atoms with Gasteiger partial charge < -0.3 is 19.9 Å². The topological polar surface area (TPSA) is 84.9 Å². The van der Waals surface area contributed by atoms with E-state index in [0.29, 0.717) is 5.56 Å². The van der Waals surface area contributed by atoms with E-state index in [2.05, 4.69) is 5.32 Å². The van der Waals surface area contributed by atoms with Crippen molar-refractivity contribution >= 4 is 11.9 Å². The summed E-state index contributed by atoms with van der Waals surface area (Å²) in [7, 11) is 1.48. The van der Waals surface area contributed by atoms with Gasteiger partial charge in [-0.3, -0.25) is 4.79 Å². The molecule has 4 atom stereocenters.